The molecular formula is C20H20FNO3S. The molecule has 1 aromatic heterocycles. The number of carbonyl (C=O) groups excluding carboxylic acids is 1. The summed E-state index contributed by atoms with van der Waals surface area (Å²) < 4.78 is 23.6. The number of methoxy groups -OCH3 is 2. The lowest BCUT2D eigenvalue weighted by atomic mass is 10.2. The number of nitrogens with zero attached hydrogens (tertiary/aromatic N) is 1. The molecule has 0 aliphatic rings. The smallest absolute Gasteiger partial charge is 0.268 e. The zero-order valence-corrected chi connectivity index (χ0v) is 15.7. The van der Waals surface area contributed by atoms with Crippen LogP contribution >= 0.6 is 11.3 Å². The van der Waals surface area contributed by atoms with Gasteiger partial charge in [0.2, 0.25) is 0 Å². The third kappa shape index (κ3) is 4.21. The average Bonchev–Trinajstić information content (AvgIpc) is 3.15. The zero-order chi connectivity index (χ0) is 19.3. The Kier molecular flexibility index (Phi) is 6.36. The number of likely N-dealkylation sites (N-methyl/N-ethyl adjacent to an activating group) is 1. The van der Waals surface area contributed by atoms with E-state index in [-0.39, 0.29) is 11.7 Å². The number of thiophene rings is 1. The molecule has 0 radical (unpaired) electrons. The van der Waals surface area contributed by atoms with Crippen molar-refractivity contribution in [2.75, 3.05) is 21.3 Å². The van der Waals surface area contributed by atoms with E-state index in [0.29, 0.717) is 16.3 Å². The van der Waals surface area contributed by atoms with Gasteiger partial charge in [-0.1, -0.05) is 19.2 Å². The Balaban J connectivity index is 2.28. The first-order valence-corrected chi connectivity index (χ1v) is 8.51. The van der Waals surface area contributed by atoms with E-state index < -0.39 is 5.82 Å². The van der Waals surface area contributed by atoms with Gasteiger partial charge in [-0.15, -0.1) is 11.3 Å². The summed E-state index contributed by atoms with van der Waals surface area (Å²) in [7, 11) is 4.57. The van der Waals surface area contributed by atoms with Crippen molar-refractivity contribution in [3.63, 3.8) is 0 Å². The van der Waals surface area contributed by atoms with Crippen LogP contribution in [-0.2, 0) is 4.74 Å². The van der Waals surface area contributed by atoms with Gasteiger partial charge in [0.25, 0.3) is 5.91 Å². The Morgan fingerprint density at radius 3 is 2.62 bits per heavy atom. The molecule has 0 N–H and O–H groups in total. The van der Waals surface area contributed by atoms with Gasteiger partial charge in [-0.3, -0.25) is 4.79 Å². The molecule has 0 bridgehead atoms. The van der Waals surface area contributed by atoms with E-state index in [2.05, 4.69) is 13.2 Å². The monoisotopic (exact) mass is 373 g/mol. The second-order valence-electron chi connectivity index (χ2n) is 5.32. The number of hydrogen-bond acceptors (Lipinski definition) is 4. The molecule has 26 heavy (non-hydrogen) atoms. The predicted molar refractivity (Wildman–Crippen MR) is 103 cm³/mol. The topological polar surface area (TPSA) is 38.8 Å². The SMILES string of the molecule is C=C/C(=C\C(=C)OC)N(C)C(=O)c1ccc(-c2ccc(F)c(OC)c2)s1. The van der Waals surface area contributed by atoms with E-state index in [9.17, 15) is 9.18 Å². The largest absolute Gasteiger partial charge is 0.497 e. The number of rotatable bonds is 7. The van der Waals surface area contributed by atoms with Crippen LogP contribution in [0.3, 0.4) is 0 Å². The van der Waals surface area contributed by atoms with Crippen molar-refractivity contribution in [3.05, 3.63) is 77.8 Å². The van der Waals surface area contributed by atoms with Gasteiger partial charge in [0, 0.05) is 23.7 Å². The summed E-state index contributed by atoms with van der Waals surface area (Å²) >= 11 is 1.32. The summed E-state index contributed by atoms with van der Waals surface area (Å²) in [5.41, 5.74) is 1.35. The molecule has 0 aliphatic carbocycles. The van der Waals surface area contributed by atoms with Crippen molar-refractivity contribution >= 4 is 17.2 Å². The van der Waals surface area contributed by atoms with E-state index >= 15 is 0 Å². The van der Waals surface area contributed by atoms with Crippen molar-refractivity contribution < 1.29 is 18.7 Å². The first kappa shape index (κ1) is 19.5. The zero-order valence-electron chi connectivity index (χ0n) is 14.9. The number of carbonyl (C=O) groups is 1. The first-order chi connectivity index (χ1) is 12.4. The number of ether oxygens (including phenoxy) is 2. The highest BCUT2D eigenvalue weighted by molar-refractivity contribution is 7.17. The number of halogens is 1. The second-order valence-corrected chi connectivity index (χ2v) is 6.40. The number of amides is 1. The van der Waals surface area contributed by atoms with Gasteiger partial charge in [0.1, 0.15) is 5.76 Å². The minimum atomic E-state index is -0.428. The maximum atomic E-state index is 13.6. The molecule has 0 saturated carbocycles. The van der Waals surface area contributed by atoms with Gasteiger partial charge in [0.05, 0.1) is 19.1 Å². The van der Waals surface area contributed by atoms with Crippen LogP contribution < -0.4 is 4.74 Å². The number of benzene rings is 1. The van der Waals surface area contributed by atoms with Gasteiger partial charge in [-0.25, -0.2) is 4.39 Å². The van der Waals surface area contributed by atoms with Crippen molar-refractivity contribution in [1.29, 1.82) is 0 Å². The van der Waals surface area contributed by atoms with Gasteiger partial charge >= 0.3 is 0 Å². The van der Waals surface area contributed by atoms with E-state index in [1.165, 1.54) is 36.5 Å². The number of allylic oxidation sites excluding steroid dienone is 2. The fourth-order valence-corrected chi connectivity index (χ4v) is 3.20. The molecule has 0 fully saturated rings. The molecule has 2 aromatic rings. The Morgan fingerprint density at radius 1 is 1.27 bits per heavy atom. The molecule has 0 atom stereocenters. The van der Waals surface area contributed by atoms with Crippen molar-refractivity contribution in [2.45, 2.75) is 0 Å². The summed E-state index contributed by atoms with van der Waals surface area (Å²) in [4.78, 5) is 15.6. The first-order valence-electron chi connectivity index (χ1n) is 7.70. The Hall–Kier alpha value is -2.86. The number of hydrogen-bond donors (Lipinski definition) is 0. The predicted octanol–water partition coefficient (Wildman–Crippen LogP) is 4.86. The summed E-state index contributed by atoms with van der Waals surface area (Å²) in [5, 5.41) is 0. The lowest BCUT2D eigenvalue weighted by molar-refractivity contribution is 0.0844. The molecule has 0 saturated heterocycles. The van der Waals surface area contributed by atoms with Crippen LogP contribution in [0.4, 0.5) is 4.39 Å². The third-order valence-electron chi connectivity index (χ3n) is 3.72. The highest BCUT2D eigenvalue weighted by Gasteiger charge is 2.17. The molecule has 1 amide bonds. The van der Waals surface area contributed by atoms with E-state index in [1.807, 2.05) is 6.07 Å². The van der Waals surface area contributed by atoms with Crippen molar-refractivity contribution in [3.8, 4) is 16.2 Å². The van der Waals surface area contributed by atoms with Gasteiger partial charge in [-0.05, 0) is 35.9 Å². The standard InChI is InChI=1S/C20H20FNO3S/c1-6-15(11-13(2)24-4)22(3)20(23)19-10-9-18(26-19)14-7-8-16(21)17(12-14)25-5/h6-12H,1-2H2,3-5H3/b15-11+. The highest BCUT2D eigenvalue weighted by Crippen LogP contribution is 2.32. The minimum Gasteiger partial charge on any atom is -0.497 e. The van der Waals surface area contributed by atoms with Crippen molar-refractivity contribution in [2.24, 2.45) is 0 Å². The molecule has 0 spiro atoms. The Bertz CT molecular complexity index is 870. The van der Waals surface area contributed by atoms with Crippen LogP contribution in [0.1, 0.15) is 9.67 Å². The molecule has 1 heterocycles. The van der Waals surface area contributed by atoms with E-state index in [4.69, 9.17) is 9.47 Å². The fraction of sp³-hybridized carbons (Fsp3) is 0.150. The lowest BCUT2D eigenvalue weighted by Gasteiger charge is -2.17. The molecular weight excluding hydrogens is 353 g/mol. The summed E-state index contributed by atoms with van der Waals surface area (Å²) in [6, 6.07) is 8.16. The molecule has 0 aliphatic heterocycles. The van der Waals surface area contributed by atoms with Gasteiger partial charge < -0.3 is 14.4 Å². The third-order valence-corrected chi connectivity index (χ3v) is 4.85. The highest BCUT2D eigenvalue weighted by atomic mass is 32.1. The maximum Gasteiger partial charge on any atom is 0.268 e. The minimum absolute atomic E-state index is 0.163. The van der Waals surface area contributed by atoms with Crippen LogP contribution in [0.15, 0.2) is 67.1 Å². The molecule has 6 heteroatoms. The van der Waals surface area contributed by atoms with Crippen LogP contribution in [0.25, 0.3) is 10.4 Å². The summed E-state index contributed by atoms with van der Waals surface area (Å²) in [6.07, 6.45) is 3.19. The van der Waals surface area contributed by atoms with Crippen molar-refractivity contribution in [1.82, 2.24) is 4.90 Å². The van der Waals surface area contributed by atoms with Crippen LogP contribution in [-0.4, -0.2) is 32.1 Å². The summed E-state index contributed by atoms with van der Waals surface area (Å²) in [6.45, 7) is 7.44. The second kappa shape index (κ2) is 8.49. The Morgan fingerprint density at radius 2 is 2.00 bits per heavy atom. The normalized spacial score (nSPS) is 11.0. The van der Waals surface area contributed by atoms with Gasteiger partial charge in [-0.2, -0.15) is 0 Å². The molecule has 2 rings (SSSR count). The van der Waals surface area contributed by atoms with Crippen LogP contribution in [0.2, 0.25) is 0 Å². The maximum absolute atomic E-state index is 13.6. The fourth-order valence-electron chi connectivity index (χ4n) is 2.22. The van der Waals surface area contributed by atoms with Gasteiger partial charge in [0.15, 0.2) is 11.6 Å². The summed E-state index contributed by atoms with van der Waals surface area (Å²) in [5.74, 6) is -0.0333. The lowest BCUT2D eigenvalue weighted by Crippen LogP contribution is -2.24. The average molecular weight is 373 g/mol. The van der Waals surface area contributed by atoms with E-state index in [1.54, 1.807) is 37.4 Å². The molecule has 136 valence electrons. The van der Waals surface area contributed by atoms with Crippen LogP contribution in [0.5, 0.6) is 5.75 Å². The molecule has 0 unspecified atom stereocenters. The molecule has 4 nitrogen and oxygen atoms in total. The van der Waals surface area contributed by atoms with Crippen LogP contribution in [0, 0.1) is 5.82 Å². The Labute approximate surface area is 156 Å². The quantitative estimate of drug-likeness (QED) is 0.514. The van der Waals surface area contributed by atoms with E-state index in [0.717, 1.165) is 10.4 Å². The molecule has 1 aromatic carbocycles.